The second-order valence-corrected chi connectivity index (χ2v) is 14.2. The van der Waals surface area contributed by atoms with Gasteiger partial charge in [-0.2, -0.15) is 0 Å². The zero-order chi connectivity index (χ0) is 34.8. The highest BCUT2D eigenvalue weighted by Gasteiger charge is 2.58. The van der Waals surface area contributed by atoms with E-state index in [1.165, 1.54) is 62.3 Å². The van der Waals surface area contributed by atoms with Crippen molar-refractivity contribution in [2.75, 3.05) is 6.61 Å². The predicted octanol–water partition coefficient (Wildman–Crippen LogP) is -0.370. The summed E-state index contributed by atoms with van der Waals surface area (Å²) in [6, 6.07) is -1.50. The Balaban J connectivity index is 2.76. The van der Waals surface area contributed by atoms with E-state index in [0.29, 0.717) is 0 Å². The van der Waals surface area contributed by atoms with E-state index in [1.807, 2.05) is 0 Å². The molecule has 0 saturated carbocycles. The van der Waals surface area contributed by atoms with Crippen LogP contribution in [0.5, 0.6) is 0 Å². The number of rotatable bonds is 8. The van der Waals surface area contributed by atoms with Gasteiger partial charge in [-0.15, -0.1) is 0 Å². The first kappa shape index (κ1) is 38.3. The fourth-order valence-corrected chi connectivity index (χ4v) is 4.20. The van der Waals surface area contributed by atoms with E-state index >= 15 is 0 Å². The number of aliphatic carboxylic acids is 1. The van der Waals surface area contributed by atoms with Gasteiger partial charge in [-0.1, -0.05) is 0 Å². The number of aliphatic hydroxyl groups is 3. The Labute approximate surface area is 261 Å². The SMILES string of the molecule is CC(=O)N[C@@H]1[C@@H](O[C@@H]2O[C@H](C(=O)O)[C@@H](OC(=O)C(C)(C)C)[C@H](OC(=O)C(C)(C)C)[C@H]2OC(=O)C(C)(C)C)[C@H](O)[C@@H](CO)O[C@@H]1O. The van der Waals surface area contributed by atoms with Gasteiger partial charge in [0.15, 0.2) is 37.0 Å². The van der Waals surface area contributed by atoms with Crippen LogP contribution in [0.15, 0.2) is 0 Å². The molecule has 0 unspecified atom stereocenters. The number of carbonyl (C=O) groups excluding carboxylic acids is 4. The zero-order valence-corrected chi connectivity index (χ0v) is 27.3. The maximum absolute atomic E-state index is 13.2. The zero-order valence-electron chi connectivity index (χ0n) is 27.3. The topological polar surface area (TPSA) is 234 Å². The van der Waals surface area contributed by atoms with Crippen LogP contribution in [0.3, 0.4) is 0 Å². The Bertz CT molecular complexity index is 1100. The molecule has 258 valence electrons. The Morgan fingerprint density at radius 2 is 1.16 bits per heavy atom. The molecule has 2 heterocycles. The van der Waals surface area contributed by atoms with Gasteiger partial charge in [0.2, 0.25) is 5.91 Å². The lowest BCUT2D eigenvalue weighted by Gasteiger charge is -2.48. The van der Waals surface area contributed by atoms with Crippen molar-refractivity contribution >= 4 is 29.8 Å². The van der Waals surface area contributed by atoms with Gasteiger partial charge in [-0.3, -0.25) is 19.2 Å². The fraction of sp³-hybridized carbons (Fsp3) is 0.828. The van der Waals surface area contributed by atoms with Gasteiger partial charge in [-0.05, 0) is 62.3 Å². The van der Waals surface area contributed by atoms with Crippen molar-refractivity contribution < 1.29 is 72.8 Å². The predicted molar refractivity (Wildman–Crippen MR) is 151 cm³/mol. The molecule has 10 atom stereocenters. The number of carbonyl (C=O) groups is 5. The summed E-state index contributed by atoms with van der Waals surface area (Å²) < 4.78 is 33.9. The highest BCUT2D eigenvalue weighted by Crippen LogP contribution is 2.36. The fourth-order valence-electron chi connectivity index (χ4n) is 4.20. The molecule has 0 radical (unpaired) electrons. The van der Waals surface area contributed by atoms with Crippen LogP contribution in [-0.2, 0) is 52.4 Å². The Kier molecular flexibility index (Phi) is 12.1. The van der Waals surface area contributed by atoms with Gasteiger partial charge in [0, 0.05) is 6.92 Å². The number of carboxylic acid groups (broad SMARTS) is 1. The Morgan fingerprint density at radius 3 is 1.56 bits per heavy atom. The molecular formula is C29H47NO15. The van der Waals surface area contributed by atoms with Crippen LogP contribution < -0.4 is 5.32 Å². The normalized spacial score (nSPS) is 32.6. The number of hydrogen-bond donors (Lipinski definition) is 5. The highest BCUT2D eigenvalue weighted by molar-refractivity contribution is 5.79. The van der Waals surface area contributed by atoms with Crippen LogP contribution in [-0.4, -0.2) is 118 Å². The maximum Gasteiger partial charge on any atom is 0.337 e. The molecule has 2 saturated heterocycles. The second kappa shape index (κ2) is 14.3. The van der Waals surface area contributed by atoms with E-state index in [0.717, 1.165) is 6.92 Å². The third kappa shape index (κ3) is 9.56. The first-order chi connectivity index (χ1) is 20.4. The van der Waals surface area contributed by atoms with Gasteiger partial charge >= 0.3 is 23.9 Å². The lowest BCUT2D eigenvalue weighted by atomic mass is 9.92. The molecule has 16 heteroatoms. The van der Waals surface area contributed by atoms with Crippen molar-refractivity contribution in [3.63, 3.8) is 0 Å². The summed E-state index contributed by atoms with van der Waals surface area (Å²) in [6.45, 7) is 13.9. The van der Waals surface area contributed by atoms with Gasteiger partial charge in [0.1, 0.15) is 24.4 Å². The highest BCUT2D eigenvalue weighted by atomic mass is 16.7. The number of carboxylic acids is 1. The first-order valence-electron chi connectivity index (χ1n) is 14.5. The number of aliphatic hydroxyl groups excluding tert-OH is 3. The Hall–Kier alpha value is -2.89. The van der Waals surface area contributed by atoms with E-state index < -0.39 is 114 Å². The minimum absolute atomic E-state index is 0.680. The van der Waals surface area contributed by atoms with Crippen LogP contribution in [0.4, 0.5) is 0 Å². The lowest BCUT2D eigenvalue weighted by Crippen LogP contribution is -2.69. The van der Waals surface area contributed by atoms with E-state index in [4.69, 9.17) is 28.4 Å². The van der Waals surface area contributed by atoms with Crippen molar-refractivity contribution in [2.45, 2.75) is 131 Å². The number of esters is 3. The molecule has 45 heavy (non-hydrogen) atoms. The minimum Gasteiger partial charge on any atom is -0.479 e. The van der Waals surface area contributed by atoms with Gasteiger partial charge in [0.05, 0.1) is 22.9 Å². The van der Waals surface area contributed by atoms with Crippen LogP contribution in [0.2, 0.25) is 0 Å². The standard InChI is InChI=1S/C29H47NO15/c1-12(32)30-14-16(15(33)13(11-31)40-22(14)36)41-23-20(45-26(39)29(8,9)10)18(44-25(38)28(5,6)7)17(19(42-23)21(34)35)43-24(37)27(2,3)4/h13-20,22-23,31,33,36H,11H2,1-10H3,(H,30,32)(H,34,35)/t13-,14-,15-,16-,17+,18+,19+,20-,22+,23-/m1/s1. The lowest BCUT2D eigenvalue weighted by molar-refractivity contribution is -0.340. The molecule has 2 rings (SSSR count). The second-order valence-electron chi connectivity index (χ2n) is 14.2. The van der Waals surface area contributed by atoms with Crippen molar-refractivity contribution in [1.82, 2.24) is 5.32 Å². The molecule has 0 aromatic carbocycles. The summed E-state index contributed by atoms with van der Waals surface area (Å²) in [6.07, 6.45) is -16.2. The summed E-state index contributed by atoms with van der Waals surface area (Å²) in [4.78, 5) is 64.0. The van der Waals surface area contributed by atoms with Gasteiger partial charge in [0.25, 0.3) is 0 Å². The summed E-state index contributed by atoms with van der Waals surface area (Å²) in [5, 5.41) is 43.9. The molecule has 2 aliphatic heterocycles. The van der Waals surface area contributed by atoms with E-state index in [9.17, 15) is 44.4 Å². The number of hydrogen-bond acceptors (Lipinski definition) is 14. The third-order valence-corrected chi connectivity index (χ3v) is 6.84. The molecule has 2 aliphatic rings. The first-order valence-corrected chi connectivity index (χ1v) is 14.5. The molecule has 2 fully saturated rings. The molecule has 0 spiro atoms. The summed E-state index contributed by atoms with van der Waals surface area (Å²) in [7, 11) is 0. The van der Waals surface area contributed by atoms with Gasteiger partial charge < -0.3 is 54.2 Å². The molecule has 0 bridgehead atoms. The minimum atomic E-state index is -2.07. The number of ether oxygens (including phenoxy) is 6. The van der Waals surface area contributed by atoms with Crippen LogP contribution >= 0.6 is 0 Å². The van der Waals surface area contributed by atoms with Crippen molar-refractivity contribution in [2.24, 2.45) is 16.2 Å². The van der Waals surface area contributed by atoms with Crippen molar-refractivity contribution in [3.8, 4) is 0 Å². The largest absolute Gasteiger partial charge is 0.479 e. The molecule has 16 nitrogen and oxygen atoms in total. The van der Waals surface area contributed by atoms with E-state index in [-0.39, 0.29) is 0 Å². The number of nitrogens with one attached hydrogen (secondary N) is 1. The molecule has 1 amide bonds. The monoisotopic (exact) mass is 649 g/mol. The van der Waals surface area contributed by atoms with Crippen LogP contribution in [0.25, 0.3) is 0 Å². The van der Waals surface area contributed by atoms with E-state index in [1.54, 1.807) is 0 Å². The molecular weight excluding hydrogens is 602 g/mol. The summed E-state index contributed by atoms with van der Waals surface area (Å²) in [5.41, 5.74) is -3.49. The van der Waals surface area contributed by atoms with Gasteiger partial charge in [-0.25, -0.2) is 4.79 Å². The molecule has 0 aromatic rings. The number of amides is 1. The summed E-state index contributed by atoms with van der Waals surface area (Å²) >= 11 is 0. The molecule has 0 aliphatic carbocycles. The maximum atomic E-state index is 13.2. The molecule has 0 aromatic heterocycles. The van der Waals surface area contributed by atoms with E-state index in [2.05, 4.69) is 5.32 Å². The summed E-state index contributed by atoms with van der Waals surface area (Å²) in [5.74, 6) is -5.01. The van der Waals surface area contributed by atoms with Crippen LogP contribution in [0.1, 0.15) is 69.2 Å². The Morgan fingerprint density at radius 1 is 0.711 bits per heavy atom. The smallest absolute Gasteiger partial charge is 0.337 e. The molecule has 5 N–H and O–H groups in total. The quantitative estimate of drug-likeness (QED) is 0.167. The van der Waals surface area contributed by atoms with Crippen molar-refractivity contribution in [3.05, 3.63) is 0 Å². The average Bonchev–Trinajstić information content (AvgIpc) is 2.88. The van der Waals surface area contributed by atoms with Crippen molar-refractivity contribution in [1.29, 1.82) is 0 Å². The third-order valence-electron chi connectivity index (χ3n) is 6.84. The average molecular weight is 650 g/mol. The van der Waals surface area contributed by atoms with Crippen LogP contribution in [0, 0.1) is 16.2 Å².